The molecule has 0 atom stereocenters. The van der Waals surface area contributed by atoms with Crippen LogP contribution in [-0.2, 0) is 4.79 Å². The lowest BCUT2D eigenvalue weighted by Crippen LogP contribution is -2.26. The van der Waals surface area contributed by atoms with Gasteiger partial charge in [-0.15, -0.1) is 0 Å². The molecule has 0 saturated carbocycles. The van der Waals surface area contributed by atoms with Crippen molar-refractivity contribution in [2.75, 3.05) is 18.4 Å². The summed E-state index contributed by atoms with van der Waals surface area (Å²) >= 11 is 3.13. The molecule has 0 bridgehead atoms. The van der Waals surface area contributed by atoms with Gasteiger partial charge in [0.05, 0.1) is 4.47 Å². The summed E-state index contributed by atoms with van der Waals surface area (Å²) in [6, 6.07) is 3.16. The molecule has 16 heavy (non-hydrogen) atoms. The average Bonchev–Trinajstić information content (AvgIpc) is 2.19. The summed E-state index contributed by atoms with van der Waals surface area (Å²) in [4.78, 5) is 10.6. The molecule has 88 valence electrons. The Balaban J connectivity index is 2.54. The average molecular weight is 289 g/mol. The first-order valence-electron chi connectivity index (χ1n) is 4.94. The number of aryl methyl sites for hydroxylation is 1. The van der Waals surface area contributed by atoms with E-state index >= 15 is 0 Å². The number of nitrogens with one attached hydrogen (secondary N) is 2. The van der Waals surface area contributed by atoms with Gasteiger partial charge in [0, 0.05) is 25.7 Å². The minimum atomic E-state index is -0.273. The van der Waals surface area contributed by atoms with Crippen LogP contribution in [0.3, 0.4) is 0 Å². The van der Waals surface area contributed by atoms with Crippen LogP contribution in [0.2, 0.25) is 0 Å². The molecule has 0 saturated heterocycles. The molecule has 0 fully saturated rings. The summed E-state index contributed by atoms with van der Waals surface area (Å²) < 4.78 is 13.6. The highest BCUT2D eigenvalue weighted by Gasteiger charge is 2.04. The van der Waals surface area contributed by atoms with Crippen LogP contribution in [0.15, 0.2) is 16.6 Å². The van der Waals surface area contributed by atoms with Crippen LogP contribution in [0.25, 0.3) is 0 Å². The van der Waals surface area contributed by atoms with Crippen LogP contribution in [0.4, 0.5) is 10.1 Å². The van der Waals surface area contributed by atoms with Gasteiger partial charge >= 0.3 is 0 Å². The fraction of sp³-hybridized carbons (Fsp3) is 0.364. The van der Waals surface area contributed by atoms with Gasteiger partial charge in [-0.2, -0.15) is 0 Å². The zero-order valence-electron chi connectivity index (χ0n) is 9.23. The van der Waals surface area contributed by atoms with Crippen molar-refractivity contribution in [1.29, 1.82) is 0 Å². The van der Waals surface area contributed by atoms with Crippen molar-refractivity contribution in [3.63, 3.8) is 0 Å². The van der Waals surface area contributed by atoms with E-state index in [4.69, 9.17) is 0 Å². The van der Waals surface area contributed by atoms with E-state index in [1.54, 1.807) is 6.07 Å². The van der Waals surface area contributed by atoms with Crippen LogP contribution in [-0.4, -0.2) is 19.0 Å². The van der Waals surface area contributed by atoms with Gasteiger partial charge in [-0.05, 0) is 40.5 Å². The molecular formula is C11H14BrFN2O. The maximum Gasteiger partial charge on any atom is 0.216 e. The first-order chi connectivity index (χ1) is 7.50. The van der Waals surface area contributed by atoms with Crippen LogP contribution >= 0.6 is 15.9 Å². The molecule has 0 aromatic heterocycles. The Hall–Kier alpha value is -1.10. The monoisotopic (exact) mass is 288 g/mol. The minimum Gasteiger partial charge on any atom is -0.383 e. The van der Waals surface area contributed by atoms with E-state index in [2.05, 4.69) is 26.6 Å². The number of carbonyl (C=O) groups is 1. The van der Waals surface area contributed by atoms with Gasteiger partial charge in [-0.25, -0.2) is 4.39 Å². The maximum atomic E-state index is 13.1. The van der Waals surface area contributed by atoms with Crippen LogP contribution in [0.1, 0.15) is 12.5 Å². The quantitative estimate of drug-likeness (QED) is 0.836. The van der Waals surface area contributed by atoms with Crippen LogP contribution in [0, 0.1) is 12.7 Å². The molecule has 2 N–H and O–H groups in total. The highest BCUT2D eigenvalue weighted by atomic mass is 79.9. The predicted octanol–water partition coefficient (Wildman–Crippen LogP) is 2.44. The van der Waals surface area contributed by atoms with E-state index in [1.807, 2.05) is 6.92 Å². The van der Waals surface area contributed by atoms with Crippen LogP contribution in [0.5, 0.6) is 0 Å². The number of hydrogen-bond acceptors (Lipinski definition) is 2. The van der Waals surface area contributed by atoms with E-state index in [9.17, 15) is 9.18 Å². The molecule has 0 spiro atoms. The fourth-order valence-corrected chi connectivity index (χ4v) is 1.62. The highest BCUT2D eigenvalue weighted by molar-refractivity contribution is 9.10. The van der Waals surface area contributed by atoms with Gasteiger partial charge in [-0.1, -0.05) is 0 Å². The molecule has 0 heterocycles. The molecule has 0 aliphatic carbocycles. The number of carbonyl (C=O) groups excluding carboxylic acids is 1. The zero-order valence-corrected chi connectivity index (χ0v) is 10.8. The summed E-state index contributed by atoms with van der Waals surface area (Å²) in [5.41, 5.74) is 1.70. The van der Waals surface area contributed by atoms with E-state index in [0.29, 0.717) is 17.6 Å². The normalized spacial score (nSPS) is 10.0. The smallest absolute Gasteiger partial charge is 0.216 e. The van der Waals surface area contributed by atoms with Gasteiger partial charge < -0.3 is 10.6 Å². The molecule has 1 aromatic rings. The largest absolute Gasteiger partial charge is 0.383 e. The van der Waals surface area contributed by atoms with Crippen LogP contribution < -0.4 is 10.6 Å². The Morgan fingerprint density at radius 1 is 1.44 bits per heavy atom. The van der Waals surface area contributed by atoms with Gasteiger partial charge in [0.15, 0.2) is 0 Å². The van der Waals surface area contributed by atoms with E-state index < -0.39 is 0 Å². The number of halogens is 2. The SMILES string of the molecule is CC(=O)NCCNc1cc(Br)c(F)cc1C. The topological polar surface area (TPSA) is 41.1 Å². The van der Waals surface area contributed by atoms with Crippen molar-refractivity contribution in [3.8, 4) is 0 Å². The zero-order chi connectivity index (χ0) is 12.1. The van der Waals surface area contributed by atoms with E-state index in [-0.39, 0.29) is 11.7 Å². The molecule has 0 aliphatic heterocycles. The first kappa shape index (κ1) is 13.0. The molecule has 0 unspecified atom stereocenters. The Morgan fingerprint density at radius 2 is 2.12 bits per heavy atom. The van der Waals surface area contributed by atoms with Gasteiger partial charge in [0.2, 0.25) is 5.91 Å². The maximum absolute atomic E-state index is 13.1. The number of hydrogen-bond donors (Lipinski definition) is 2. The number of rotatable bonds is 4. The number of anilines is 1. The second kappa shape index (κ2) is 5.84. The molecule has 3 nitrogen and oxygen atoms in total. The highest BCUT2D eigenvalue weighted by Crippen LogP contribution is 2.23. The van der Waals surface area contributed by atoms with Crippen molar-refractivity contribution < 1.29 is 9.18 Å². The van der Waals surface area contributed by atoms with E-state index in [1.165, 1.54) is 13.0 Å². The lowest BCUT2D eigenvalue weighted by molar-refractivity contribution is -0.118. The van der Waals surface area contributed by atoms with Gasteiger partial charge in [0.1, 0.15) is 5.82 Å². The standard InChI is InChI=1S/C11H14BrFN2O/c1-7-5-10(13)9(12)6-11(7)15-4-3-14-8(2)16/h5-6,15H,3-4H2,1-2H3,(H,14,16). The number of amides is 1. The second-order valence-corrected chi connectivity index (χ2v) is 4.35. The van der Waals surface area contributed by atoms with Crippen molar-refractivity contribution >= 4 is 27.5 Å². The molecule has 1 rings (SSSR count). The molecule has 1 amide bonds. The third-order valence-electron chi connectivity index (χ3n) is 2.08. The van der Waals surface area contributed by atoms with Gasteiger partial charge in [-0.3, -0.25) is 4.79 Å². The Labute approximate surface area is 103 Å². The summed E-state index contributed by atoms with van der Waals surface area (Å²) in [7, 11) is 0. The minimum absolute atomic E-state index is 0.0567. The predicted molar refractivity (Wildman–Crippen MR) is 66.0 cm³/mol. The number of benzene rings is 1. The molecule has 0 aliphatic rings. The molecule has 1 aromatic carbocycles. The molecule has 0 radical (unpaired) electrons. The Morgan fingerprint density at radius 3 is 2.75 bits per heavy atom. The van der Waals surface area contributed by atoms with Crippen molar-refractivity contribution in [2.45, 2.75) is 13.8 Å². The van der Waals surface area contributed by atoms with Crippen molar-refractivity contribution in [3.05, 3.63) is 28.0 Å². The Bertz CT molecular complexity index is 396. The first-order valence-corrected chi connectivity index (χ1v) is 5.74. The molecule has 5 heteroatoms. The summed E-state index contributed by atoms with van der Waals surface area (Å²) in [6.07, 6.45) is 0. The second-order valence-electron chi connectivity index (χ2n) is 3.49. The lowest BCUT2D eigenvalue weighted by atomic mass is 10.2. The summed E-state index contributed by atoms with van der Waals surface area (Å²) in [6.45, 7) is 4.46. The van der Waals surface area contributed by atoms with E-state index in [0.717, 1.165) is 11.3 Å². The van der Waals surface area contributed by atoms with Crippen molar-refractivity contribution in [1.82, 2.24) is 5.32 Å². The summed E-state index contributed by atoms with van der Waals surface area (Å²) in [5.74, 6) is -0.330. The van der Waals surface area contributed by atoms with Crippen molar-refractivity contribution in [2.24, 2.45) is 0 Å². The fourth-order valence-electron chi connectivity index (χ4n) is 1.27. The molecular weight excluding hydrogens is 275 g/mol. The third-order valence-corrected chi connectivity index (χ3v) is 2.69. The Kier molecular flexibility index (Phi) is 4.73. The summed E-state index contributed by atoms with van der Waals surface area (Å²) in [5, 5.41) is 5.80. The third kappa shape index (κ3) is 3.81. The lowest BCUT2D eigenvalue weighted by Gasteiger charge is -2.10. The van der Waals surface area contributed by atoms with Gasteiger partial charge in [0.25, 0.3) is 0 Å².